The number of rotatable bonds is 1. The first-order valence-electron chi connectivity index (χ1n) is 4.63. The van der Waals surface area contributed by atoms with Crippen LogP contribution in [-0.2, 0) is 0 Å². The second-order valence-electron chi connectivity index (χ2n) is 3.33. The Bertz CT molecular complexity index is 522. The van der Waals surface area contributed by atoms with Crippen molar-refractivity contribution in [1.29, 1.82) is 0 Å². The molecule has 0 radical (unpaired) electrons. The fourth-order valence-corrected chi connectivity index (χ4v) is 1.80. The van der Waals surface area contributed by atoms with Crippen LogP contribution in [0.3, 0.4) is 0 Å². The number of aryl methyl sites for hydroxylation is 1. The minimum Gasteiger partial charge on any atom is -0.384 e. The molecule has 5 heteroatoms. The Labute approximate surface area is 101 Å². The van der Waals surface area contributed by atoms with Crippen molar-refractivity contribution in [2.24, 2.45) is 0 Å². The molecule has 0 aliphatic carbocycles. The Kier molecular flexibility index (Phi) is 2.87. The molecule has 2 aromatic rings. The van der Waals surface area contributed by atoms with Gasteiger partial charge in [0.1, 0.15) is 17.5 Å². The van der Waals surface area contributed by atoms with E-state index >= 15 is 0 Å². The number of hydrogen-bond donors (Lipinski definition) is 1. The number of aromatic nitrogens is 2. The van der Waals surface area contributed by atoms with Gasteiger partial charge in [0.25, 0.3) is 0 Å². The number of nitrogens with zero attached hydrogens (tertiary/aromatic N) is 2. The summed E-state index contributed by atoms with van der Waals surface area (Å²) in [5.41, 5.74) is 6.50. The lowest BCUT2D eigenvalue weighted by atomic mass is 10.1. The highest BCUT2D eigenvalue weighted by molar-refractivity contribution is 9.10. The summed E-state index contributed by atoms with van der Waals surface area (Å²) >= 11 is 3.13. The highest BCUT2D eigenvalue weighted by atomic mass is 79.9. The summed E-state index contributed by atoms with van der Waals surface area (Å²) in [4.78, 5) is 8.10. The predicted octanol–water partition coefficient (Wildman–Crippen LogP) is 2.94. The van der Waals surface area contributed by atoms with Crippen molar-refractivity contribution in [1.82, 2.24) is 9.97 Å². The van der Waals surface area contributed by atoms with Crippen molar-refractivity contribution in [3.63, 3.8) is 0 Å². The highest BCUT2D eigenvalue weighted by Crippen LogP contribution is 2.27. The lowest BCUT2D eigenvalue weighted by Crippen LogP contribution is -1.98. The molecule has 0 saturated heterocycles. The first-order valence-corrected chi connectivity index (χ1v) is 5.43. The molecule has 0 spiro atoms. The fraction of sp³-hybridized carbons (Fsp3) is 0.0909. The van der Waals surface area contributed by atoms with Crippen LogP contribution in [0, 0.1) is 12.7 Å². The van der Waals surface area contributed by atoms with Crippen molar-refractivity contribution in [3.05, 3.63) is 40.4 Å². The van der Waals surface area contributed by atoms with E-state index in [0.717, 1.165) is 0 Å². The second-order valence-corrected chi connectivity index (χ2v) is 4.18. The number of nitrogen functional groups attached to an aromatic ring is 1. The van der Waals surface area contributed by atoms with Crippen LogP contribution in [-0.4, -0.2) is 9.97 Å². The largest absolute Gasteiger partial charge is 0.384 e. The molecule has 0 unspecified atom stereocenters. The van der Waals surface area contributed by atoms with Crippen LogP contribution >= 0.6 is 15.9 Å². The Morgan fingerprint density at radius 1 is 1.31 bits per heavy atom. The Hall–Kier alpha value is -1.49. The summed E-state index contributed by atoms with van der Waals surface area (Å²) in [5, 5.41) is 0. The lowest BCUT2D eigenvalue weighted by molar-refractivity contribution is 0.624. The van der Waals surface area contributed by atoms with E-state index in [1.54, 1.807) is 31.2 Å². The zero-order chi connectivity index (χ0) is 11.7. The van der Waals surface area contributed by atoms with Crippen molar-refractivity contribution in [3.8, 4) is 11.3 Å². The summed E-state index contributed by atoms with van der Waals surface area (Å²) < 4.78 is 14.2. The van der Waals surface area contributed by atoms with Crippen LogP contribution < -0.4 is 5.73 Å². The van der Waals surface area contributed by atoms with E-state index in [1.165, 1.54) is 0 Å². The number of halogens is 2. The molecule has 0 aliphatic heterocycles. The maximum atomic E-state index is 13.8. The van der Waals surface area contributed by atoms with Crippen LogP contribution in [0.15, 0.2) is 28.7 Å². The quantitative estimate of drug-likeness (QED) is 0.874. The van der Waals surface area contributed by atoms with Gasteiger partial charge in [-0.2, -0.15) is 0 Å². The number of nitrogens with two attached hydrogens (primary N) is 1. The van der Waals surface area contributed by atoms with Gasteiger partial charge in [-0.3, -0.25) is 0 Å². The van der Waals surface area contributed by atoms with Gasteiger partial charge in [-0.25, -0.2) is 14.4 Å². The van der Waals surface area contributed by atoms with E-state index in [4.69, 9.17) is 5.73 Å². The van der Waals surface area contributed by atoms with E-state index in [2.05, 4.69) is 25.9 Å². The minimum absolute atomic E-state index is 0.335. The maximum Gasteiger partial charge on any atom is 0.146 e. The van der Waals surface area contributed by atoms with E-state index in [-0.39, 0.29) is 5.82 Å². The van der Waals surface area contributed by atoms with Crippen molar-refractivity contribution >= 4 is 21.7 Å². The molecule has 0 bridgehead atoms. The van der Waals surface area contributed by atoms with Crippen LogP contribution in [0.2, 0.25) is 0 Å². The van der Waals surface area contributed by atoms with Crippen molar-refractivity contribution in [2.75, 3.05) is 5.73 Å². The monoisotopic (exact) mass is 281 g/mol. The lowest BCUT2D eigenvalue weighted by Gasteiger charge is -2.05. The standard InChI is InChI=1S/C11H9BrFN3/c1-6-15-9(5-10(14)16-6)7-3-2-4-8(12)11(7)13/h2-5H,1H3,(H2,14,15,16). The molecule has 2 N–H and O–H groups in total. The molecule has 0 amide bonds. The molecule has 0 atom stereocenters. The van der Waals surface area contributed by atoms with Gasteiger partial charge in [-0.05, 0) is 35.0 Å². The van der Waals surface area contributed by atoms with Gasteiger partial charge >= 0.3 is 0 Å². The third-order valence-electron chi connectivity index (χ3n) is 2.09. The number of anilines is 1. The Morgan fingerprint density at radius 2 is 2.06 bits per heavy atom. The second kappa shape index (κ2) is 4.17. The fourth-order valence-electron chi connectivity index (χ4n) is 1.43. The average Bonchev–Trinajstić information content (AvgIpc) is 2.20. The molecular weight excluding hydrogens is 273 g/mol. The average molecular weight is 282 g/mol. The maximum absolute atomic E-state index is 13.8. The molecule has 1 aromatic heterocycles. The van der Waals surface area contributed by atoms with Gasteiger partial charge in [0, 0.05) is 11.6 Å². The molecular formula is C11H9BrFN3. The normalized spacial score (nSPS) is 10.4. The summed E-state index contributed by atoms with van der Waals surface area (Å²) in [6.45, 7) is 1.72. The summed E-state index contributed by atoms with van der Waals surface area (Å²) in [6, 6.07) is 6.59. The molecule has 2 rings (SSSR count). The predicted molar refractivity (Wildman–Crippen MR) is 64.3 cm³/mol. The Morgan fingerprint density at radius 3 is 2.75 bits per heavy atom. The summed E-state index contributed by atoms with van der Waals surface area (Å²) in [7, 11) is 0. The summed E-state index contributed by atoms with van der Waals surface area (Å²) in [5.74, 6) is 0.510. The van der Waals surface area contributed by atoms with E-state index < -0.39 is 0 Å². The molecule has 0 saturated carbocycles. The molecule has 0 fully saturated rings. The van der Waals surface area contributed by atoms with Crippen LogP contribution in [0.4, 0.5) is 10.2 Å². The smallest absolute Gasteiger partial charge is 0.146 e. The molecule has 1 heterocycles. The van der Waals surface area contributed by atoms with Gasteiger partial charge in [-0.1, -0.05) is 6.07 Å². The van der Waals surface area contributed by atoms with Gasteiger partial charge < -0.3 is 5.73 Å². The minimum atomic E-state index is -0.347. The van der Waals surface area contributed by atoms with E-state index in [0.29, 0.717) is 27.4 Å². The first-order chi connectivity index (χ1) is 7.58. The van der Waals surface area contributed by atoms with Crippen LogP contribution in [0.1, 0.15) is 5.82 Å². The van der Waals surface area contributed by atoms with E-state index in [9.17, 15) is 4.39 Å². The number of benzene rings is 1. The number of hydrogen-bond acceptors (Lipinski definition) is 3. The van der Waals surface area contributed by atoms with Gasteiger partial charge in [0.2, 0.25) is 0 Å². The van der Waals surface area contributed by atoms with Gasteiger partial charge in [0.05, 0.1) is 10.2 Å². The zero-order valence-electron chi connectivity index (χ0n) is 8.54. The topological polar surface area (TPSA) is 51.8 Å². The SMILES string of the molecule is Cc1nc(N)cc(-c2cccc(Br)c2F)n1. The van der Waals surface area contributed by atoms with Crippen molar-refractivity contribution < 1.29 is 4.39 Å². The first kappa shape index (κ1) is 11.0. The Balaban J connectivity index is 2.63. The van der Waals surface area contributed by atoms with Crippen LogP contribution in [0.25, 0.3) is 11.3 Å². The summed E-state index contributed by atoms with van der Waals surface area (Å²) in [6.07, 6.45) is 0. The van der Waals surface area contributed by atoms with Crippen molar-refractivity contribution in [2.45, 2.75) is 6.92 Å². The third kappa shape index (κ3) is 2.04. The molecule has 82 valence electrons. The highest BCUT2D eigenvalue weighted by Gasteiger charge is 2.10. The van der Waals surface area contributed by atoms with E-state index in [1.807, 2.05) is 0 Å². The van der Waals surface area contributed by atoms with Gasteiger partial charge in [0.15, 0.2) is 0 Å². The molecule has 3 nitrogen and oxygen atoms in total. The van der Waals surface area contributed by atoms with Crippen LogP contribution in [0.5, 0.6) is 0 Å². The molecule has 1 aromatic carbocycles. The third-order valence-corrected chi connectivity index (χ3v) is 2.70. The molecule has 0 aliphatic rings. The molecule has 16 heavy (non-hydrogen) atoms. The van der Waals surface area contributed by atoms with Gasteiger partial charge in [-0.15, -0.1) is 0 Å². The zero-order valence-corrected chi connectivity index (χ0v) is 10.1.